The van der Waals surface area contributed by atoms with Crippen molar-refractivity contribution in [3.8, 4) is 22.5 Å². The van der Waals surface area contributed by atoms with Gasteiger partial charge in [0.05, 0.1) is 34.0 Å². The van der Waals surface area contributed by atoms with Crippen molar-refractivity contribution in [1.29, 1.82) is 0 Å². The van der Waals surface area contributed by atoms with Gasteiger partial charge in [0.15, 0.2) is 0 Å². The summed E-state index contributed by atoms with van der Waals surface area (Å²) in [5, 5.41) is 3.00. The highest BCUT2D eigenvalue weighted by Gasteiger charge is 2.31. The molecule has 0 aliphatic heterocycles. The van der Waals surface area contributed by atoms with Crippen molar-refractivity contribution >= 4 is 33.3 Å². The van der Waals surface area contributed by atoms with Crippen LogP contribution in [-0.2, 0) is 33.8 Å². The van der Waals surface area contributed by atoms with Crippen molar-refractivity contribution < 1.29 is 44.1 Å². The number of alkyl halides is 6. The number of rotatable bonds is 10. The fourth-order valence-electron chi connectivity index (χ4n) is 4.30. The first-order valence-electron chi connectivity index (χ1n) is 13.2. The van der Waals surface area contributed by atoms with Crippen LogP contribution in [0.15, 0.2) is 97.2 Å². The van der Waals surface area contributed by atoms with Crippen LogP contribution in [0.3, 0.4) is 0 Å². The van der Waals surface area contributed by atoms with Crippen LogP contribution >= 0.6 is 11.6 Å². The molecule has 46 heavy (non-hydrogen) atoms. The van der Waals surface area contributed by atoms with Gasteiger partial charge in [-0.3, -0.25) is 9.35 Å². The Balaban J connectivity index is 1.64. The molecule has 0 radical (unpaired) electrons. The standard InChI is InChI=1S/C31H24ClF6N3O4S/c1-19(41(14-15-46(43,44)45)26-12-10-25(32)11-13-26)29(42)39-18-20-16-27(21-2-6-23(7-3-21)30(33,34)35)40-28(17-20)22-4-8-24(9-5-22)31(36,37)38/h2-13,16-17H,1,14-15,18H2,(H,39,42)(H,43,44,45). The highest BCUT2D eigenvalue weighted by molar-refractivity contribution is 7.85. The fraction of sp³-hybridized carbons (Fsp3) is 0.161. The summed E-state index contributed by atoms with van der Waals surface area (Å²) in [7, 11) is -4.41. The van der Waals surface area contributed by atoms with Crippen molar-refractivity contribution in [1.82, 2.24) is 10.3 Å². The minimum atomic E-state index is -4.58. The van der Waals surface area contributed by atoms with Crippen molar-refractivity contribution in [2.75, 3.05) is 17.2 Å². The number of pyridine rings is 1. The third-order valence-corrected chi connectivity index (χ3v) is 7.60. The largest absolute Gasteiger partial charge is 0.416 e. The van der Waals surface area contributed by atoms with Crippen LogP contribution in [0.4, 0.5) is 32.0 Å². The summed E-state index contributed by atoms with van der Waals surface area (Å²) < 4.78 is 111. The molecule has 0 fully saturated rings. The van der Waals surface area contributed by atoms with Gasteiger partial charge in [-0.15, -0.1) is 0 Å². The van der Waals surface area contributed by atoms with Gasteiger partial charge in [-0.05, 0) is 66.2 Å². The molecule has 242 valence electrons. The predicted molar refractivity (Wildman–Crippen MR) is 161 cm³/mol. The molecule has 3 aromatic carbocycles. The first-order chi connectivity index (χ1) is 21.4. The summed E-state index contributed by atoms with van der Waals surface area (Å²) in [6.07, 6.45) is -9.15. The van der Waals surface area contributed by atoms with E-state index in [0.29, 0.717) is 16.3 Å². The van der Waals surface area contributed by atoms with Crippen LogP contribution in [0.25, 0.3) is 22.5 Å². The second-order valence-corrected chi connectivity index (χ2v) is 11.9. The van der Waals surface area contributed by atoms with Crippen molar-refractivity contribution in [2.45, 2.75) is 18.9 Å². The Hall–Kier alpha value is -4.40. The van der Waals surface area contributed by atoms with E-state index in [4.69, 9.17) is 11.6 Å². The normalized spacial score (nSPS) is 12.1. The molecule has 0 bridgehead atoms. The lowest BCUT2D eigenvalue weighted by molar-refractivity contribution is -0.138. The van der Waals surface area contributed by atoms with Gasteiger partial charge >= 0.3 is 12.4 Å². The summed E-state index contributed by atoms with van der Waals surface area (Å²) in [5.74, 6) is -1.46. The zero-order chi connectivity index (χ0) is 33.9. The molecule has 15 heteroatoms. The topological polar surface area (TPSA) is 99.6 Å². The highest BCUT2D eigenvalue weighted by atomic mass is 35.5. The Morgan fingerprint density at radius 2 is 1.28 bits per heavy atom. The van der Waals surface area contributed by atoms with E-state index in [1.807, 2.05) is 0 Å². The Labute approximate surface area is 264 Å². The molecule has 4 rings (SSSR count). The number of hydrogen-bond donors (Lipinski definition) is 2. The second kappa shape index (κ2) is 13.5. The summed E-state index contributed by atoms with van der Waals surface area (Å²) in [6, 6.07) is 17.3. The summed E-state index contributed by atoms with van der Waals surface area (Å²) >= 11 is 5.93. The molecule has 0 aliphatic rings. The van der Waals surface area contributed by atoms with Crippen molar-refractivity contribution in [2.24, 2.45) is 0 Å². The Kier molecular flexibility index (Phi) is 10.1. The molecular formula is C31H24ClF6N3O4S. The lowest BCUT2D eigenvalue weighted by Gasteiger charge is -2.26. The van der Waals surface area contributed by atoms with Crippen LogP contribution in [0.2, 0.25) is 5.02 Å². The maximum atomic E-state index is 13.2. The molecule has 0 aliphatic carbocycles. The highest BCUT2D eigenvalue weighted by Crippen LogP contribution is 2.33. The number of carbonyl (C=O) groups excluding carboxylic acids is 1. The number of carbonyl (C=O) groups is 1. The van der Waals surface area contributed by atoms with E-state index in [9.17, 15) is 44.1 Å². The fourth-order valence-corrected chi connectivity index (χ4v) is 4.84. The first kappa shape index (κ1) is 34.5. The van der Waals surface area contributed by atoms with Gasteiger partial charge in [-0.25, -0.2) is 4.98 Å². The quantitative estimate of drug-likeness (QED) is 0.101. The summed E-state index contributed by atoms with van der Waals surface area (Å²) in [4.78, 5) is 18.9. The van der Waals surface area contributed by atoms with E-state index in [-0.39, 0.29) is 41.3 Å². The smallest absolute Gasteiger partial charge is 0.347 e. The molecular weight excluding hydrogens is 660 g/mol. The van der Waals surface area contributed by atoms with Gasteiger partial charge in [0.25, 0.3) is 16.0 Å². The molecule has 1 heterocycles. The predicted octanol–water partition coefficient (Wildman–Crippen LogP) is 7.63. The van der Waals surface area contributed by atoms with Gasteiger partial charge in [0, 0.05) is 34.9 Å². The zero-order valence-electron chi connectivity index (χ0n) is 23.5. The number of benzene rings is 3. The Morgan fingerprint density at radius 3 is 1.70 bits per heavy atom. The first-order valence-corrected chi connectivity index (χ1v) is 15.2. The minimum absolute atomic E-state index is 0.185. The average Bonchev–Trinajstić information content (AvgIpc) is 2.99. The second-order valence-electron chi connectivity index (χ2n) is 9.94. The number of aromatic nitrogens is 1. The molecule has 2 N–H and O–H groups in total. The van der Waals surface area contributed by atoms with E-state index in [0.717, 1.165) is 24.3 Å². The van der Waals surface area contributed by atoms with E-state index < -0.39 is 45.3 Å². The molecule has 0 saturated carbocycles. The summed E-state index contributed by atoms with van der Waals surface area (Å²) in [6.45, 7) is 3.24. The molecule has 7 nitrogen and oxygen atoms in total. The van der Waals surface area contributed by atoms with Gasteiger partial charge in [0.2, 0.25) is 0 Å². The number of halogens is 7. The number of amides is 1. The molecule has 1 amide bonds. The lowest BCUT2D eigenvalue weighted by Crippen LogP contribution is -2.36. The van der Waals surface area contributed by atoms with Gasteiger partial charge in [-0.1, -0.05) is 42.4 Å². The number of anilines is 1. The lowest BCUT2D eigenvalue weighted by atomic mass is 10.0. The maximum Gasteiger partial charge on any atom is 0.416 e. The molecule has 0 atom stereocenters. The average molecular weight is 684 g/mol. The molecule has 1 aromatic heterocycles. The minimum Gasteiger partial charge on any atom is -0.347 e. The van der Waals surface area contributed by atoms with E-state index >= 15 is 0 Å². The van der Waals surface area contributed by atoms with E-state index in [1.165, 1.54) is 65.6 Å². The molecule has 0 saturated heterocycles. The van der Waals surface area contributed by atoms with Crippen LogP contribution in [0, 0.1) is 0 Å². The Morgan fingerprint density at radius 1 is 0.826 bits per heavy atom. The van der Waals surface area contributed by atoms with Gasteiger partial charge in [-0.2, -0.15) is 34.8 Å². The van der Waals surface area contributed by atoms with Crippen LogP contribution < -0.4 is 10.2 Å². The zero-order valence-corrected chi connectivity index (χ0v) is 25.1. The van der Waals surface area contributed by atoms with Crippen molar-refractivity contribution in [3.63, 3.8) is 0 Å². The molecule has 0 unspecified atom stereocenters. The maximum absolute atomic E-state index is 13.2. The van der Waals surface area contributed by atoms with E-state index in [2.05, 4.69) is 16.9 Å². The van der Waals surface area contributed by atoms with Crippen LogP contribution in [0.5, 0.6) is 0 Å². The number of nitrogens with one attached hydrogen (secondary N) is 1. The Bertz CT molecular complexity index is 1750. The number of hydrogen-bond acceptors (Lipinski definition) is 5. The van der Waals surface area contributed by atoms with Crippen LogP contribution in [-0.4, -0.2) is 36.2 Å². The van der Waals surface area contributed by atoms with Gasteiger partial charge in [0.1, 0.15) is 0 Å². The number of nitrogens with zero attached hydrogens (tertiary/aromatic N) is 2. The van der Waals surface area contributed by atoms with E-state index in [1.54, 1.807) is 0 Å². The van der Waals surface area contributed by atoms with Gasteiger partial charge < -0.3 is 10.2 Å². The monoisotopic (exact) mass is 683 g/mol. The third-order valence-electron chi connectivity index (χ3n) is 6.65. The van der Waals surface area contributed by atoms with Crippen molar-refractivity contribution in [3.05, 3.63) is 119 Å². The van der Waals surface area contributed by atoms with Crippen LogP contribution in [0.1, 0.15) is 16.7 Å². The molecule has 4 aromatic rings. The molecule has 0 spiro atoms. The third kappa shape index (κ3) is 9.08. The summed E-state index contributed by atoms with van der Waals surface area (Å²) in [5.41, 5.74) is -0.305. The SMILES string of the molecule is C=C(C(=O)NCc1cc(-c2ccc(C(F)(F)F)cc2)nc(-c2ccc(C(F)(F)F)cc2)c1)N(CCS(=O)(=O)O)c1ccc(Cl)cc1.